The Balaban J connectivity index is 1.51. The van der Waals surface area contributed by atoms with Crippen LogP contribution in [0.5, 0.6) is 0 Å². The van der Waals surface area contributed by atoms with E-state index in [0.29, 0.717) is 37.5 Å². The highest BCUT2D eigenvalue weighted by Crippen LogP contribution is 2.24. The summed E-state index contributed by atoms with van der Waals surface area (Å²) in [4.78, 5) is 16.7. The summed E-state index contributed by atoms with van der Waals surface area (Å²) in [6.07, 6.45) is 3.14. The highest BCUT2D eigenvalue weighted by Gasteiger charge is 2.31. The molecule has 3 rings (SSSR count). The number of rotatable bonds is 7. The van der Waals surface area contributed by atoms with Gasteiger partial charge in [-0.15, -0.1) is 0 Å². The van der Waals surface area contributed by atoms with E-state index in [1.54, 1.807) is 13.1 Å². The normalized spacial score (nSPS) is 18.1. The minimum atomic E-state index is -3.25. The van der Waals surface area contributed by atoms with Gasteiger partial charge < -0.3 is 10.6 Å². The minimum absolute atomic E-state index is 0.0658. The van der Waals surface area contributed by atoms with E-state index in [9.17, 15) is 13.2 Å². The van der Waals surface area contributed by atoms with Gasteiger partial charge in [0.1, 0.15) is 0 Å². The largest absolute Gasteiger partial charge is 0.383 e. The molecule has 0 saturated carbocycles. The number of fused-ring (bicyclic) bond motifs is 1. The SMILES string of the molecule is CCS(=O)(=O)N1CCC[C@@H](C(=O)NCCNc2ccnc3cc(Cl)ccc23)C1. The van der Waals surface area contributed by atoms with Crippen molar-refractivity contribution in [2.45, 2.75) is 19.8 Å². The van der Waals surface area contributed by atoms with Gasteiger partial charge in [0.15, 0.2) is 0 Å². The van der Waals surface area contributed by atoms with Crippen molar-refractivity contribution in [1.82, 2.24) is 14.6 Å². The van der Waals surface area contributed by atoms with Crippen LogP contribution in [-0.4, -0.2) is 55.5 Å². The number of hydrogen-bond donors (Lipinski definition) is 2. The molecule has 1 saturated heterocycles. The highest BCUT2D eigenvalue weighted by molar-refractivity contribution is 7.89. The van der Waals surface area contributed by atoms with Crippen molar-refractivity contribution in [2.75, 3.05) is 37.2 Å². The molecule has 7 nitrogen and oxygen atoms in total. The van der Waals surface area contributed by atoms with Crippen LogP contribution < -0.4 is 10.6 Å². The lowest BCUT2D eigenvalue weighted by atomic mass is 9.99. The summed E-state index contributed by atoms with van der Waals surface area (Å²) in [7, 11) is -3.25. The van der Waals surface area contributed by atoms with Gasteiger partial charge in [-0.05, 0) is 44.0 Å². The average Bonchev–Trinajstić information content (AvgIpc) is 2.70. The molecule has 0 aliphatic carbocycles. The number of benzene rings is 1. The molecule has 0 radical (unpaired) electrons. The second kappa shape index (κ2) is 9.07. The molecule has 2 aromatic rings. The fourth-order valence-electron chi connectivity index (χ4n) is 3.39. The molecular weight excluding hydrogens is 400 g/mol. The Hall–Kier alpha value is -1.90. The number of pyridine rings is 1. The van der Waals surface area contributed by atoms with Crippen molar-refractivity contribution in [3.63, 3.8) is 0 Å². The third-order valence-corrected chi connectivity index (χ3v) is 7.04. The maximum atomic E-state index is 12.4. The van der Waals surface area contributed by atoms with Crippen molar-refractivity contribution in [3.8, 4) is 0 Å². The molecule has 1 aliphatic heterocycles. The number of halogens is 1. The van der Waals surface area contributed by atoms with E-state index in [-0.39, 0.29) is 24.1 Å². The van der Waals surface area contributed by atoms with E-state index in [4.69, 9.17) is 11.6 Å². The summed E-state index contributed by atoms with van der Waals surface area (Å²) < 4.78 is 25.5. The third-order valence-electron chi connectivity index (χ3n) is 4.96. The summed E-state index contributed by atoms with van der Waals surface area (Å²) in [6, 6.07) is 7.42. The first-order chi connectivity index (χ1) is 13.4. The number of amides is 1. The summed E-state index contributed by atoms with van der Waals surface area (Å²) in [6.45, 7) is 3.40. The van der Waals surface area contributed by atoms with Crippen LogP contribution in [0.4, 0.5) is 5.69 Å². The molecule has 0 spiro atoms. The van der Waals surface area contributed by atoms with Gasteiger partial charge in [0.05, 0.1) is 17.2 Å². The molecule has 2 N–H and O–H groups in total. The Kier molecular flexibility index (Phi) is 6.74. The molecule has 1 aromatic heterocycles. The minimum Gasteiger partial charge on any atom is -0.383 e. The van der Waals surface area contributed by atoms with E-state index >= 15 is 0 Å². The lowest BCUT2D eigenvalue weighted by molar-refractivity contribution is -0.125. The Morgan fingerprint density at radius 3 is 2.93 bits per heavy atom. The Morgan fingerprint density at radius 2 is 2.14 bits per heavy atom. The lowest BCUT2D eigenvalue weighted by Gasteiger charge is -2.30. The Labute approximate surface area is 170 Å². The Bertz CT molecular complexity index is 951. The molecule has 1 fully saturated rings. The number of anilines is 1. The number of aromatic nitrogens is 1. The Morgan fingerprint density at radius 1 is 1.32 bits per heavy atom. The number of carbonyl (C=O) groups is 1. The van der Waals surface area contributed by atoms with E-state index in [1.807, 2.05) is 24.3 Å². The second-order valence-electron chi connectivity index (χ2n) is 6.84. The van der Waals surface area contributed by atoms with Crippen LogP contribution in [-0.2, 0) is 14.8 Å². The molecule has 1 amide bonds. The molecule has 1 aromatic carbocycles. The zero-order valence-electron chi connectivity index (χ0n) is 15.8. The summed E-state index contributed by atoms with van der Waals surface area (Å²) >= 11 is 6.01. The topological polar surface area (TPSA) is 91.4 Å². The van der Waals surface area contributed by atoms with Gasteiger partial charge in [0.25, 0.3) is 0 Å². The molecule has 2 heterocycles. The number of piperidine rings is 1. The van der Waals surface area contributed by atoms with Gasteiger partial charge >= 0.3 is 0 Å². The highest BCUT2D eigenvalue weighted by atomic mass is 35.5. The predicted octanol–water partition coefficient (Wildman–Crippen LogP) is 2.48. The molecule has 9 heteroatoms. The van der Waals surface area contributed by atoms with E-state index in [0.717, 1.165) is 16.6 Å². The van der Waals surface area contributed by atoms with E-state index < -0.39 is 10.0 Å². The smallest absolute Gasteiger partial charge is 0.224 e. The van der Waals surface area contributed by atoms with Crippen molar-refractivity contribution in [1.29, 1.82) is 0 Å². The zero-order valence-corrected chi connectivity index (χ0v) is 17.4. The van der Waals surface area contributed by atoms with Crippen LogP contribution in [0, 0.1) is 5.92 Å². The van der Waals surface area contributed by atoms with Gasteiger partial charge in [0.2, 0.25) is 15.9 Å². The van der Waals surface area contributed by atoms with Gasteiger partial charge in [-0.25, -0.2) is 12.7 Å². The lowest BCUT2D eigenvalue weighted by Crippen LogP contribution is -2.46. The fraction of sp³-hybridized carbons (Fsp3) is 0.474. The van der Waals surface area contributed by atoms with E-state index in [1.165, 1.54) is 4.31 Å². The van der Waals surface area contributed by atoms with Crippen LogP contribution >= 0.6 is 11.6 Å². The second-order valence-corrected chi connectivity index (χ2v) is 9.53. The third kappa shape index (κ3) is 4.92. The first-order valence-electron chi connectivity index (χ1n) is 9.44. The van der Waals surface area contributed by atoms with Crippen LogP contribution in [0.2, 0.25) is 5.02 Å². The molecule has 1 aliphatic rings. The van der Waals surface area contributed by atoms with Crippen molar-refractivity contribution in [2.24, 2.45) is 5.92 Å². The van der Waals surface area contributed by atoms with Gasteiger partial charge in [-0.1, -0.05) is 11.6 Å². The fourth-order valence-corrected chi connectivity index (χ4v) is 4.74. The number of nitrogens with one attached hydrogen (secondary N) is 2. The van der Waals surface area contributed by atoms with Crippen molar-refractivity contribution in [3.05, 3.63) is 35.5 Å². The number of hydrogen-bond acceptors (Lipinski definition) is 5. The molecule has 0 bridgehead atoms. The average molecular weight is 425 g/mol. The summed E-state index contributed by atoms with van der Waals surface area (Å²) in [5.74, 6) is -0.320. The molecular formula is C19H25ClN4O3S. The zero-order chi connectivity index (χ0) is 20.1. The van der Waals surface area contributed by atoms with Crippen LogP contribution in [0.15, 0.2) is 30.5 Å². The number of carbonyl (C=O) groups excluding carboxylic acids is 1. The van der Waals surface area contributed by atoms with Gasteiger partial charge in [-0.2, -0.15) is 0 Å². The monoisotopic (exact) mass is 424 g/mol. The first kappa shape index (κ1) is 20.8. The van der Waals surface area contributed by atoms with E-state index in [2.05, 4.69) is 15.6 Å². The number of nitrogens with zero attached hydrogens (tertiary/aromatic N) is 2. The van der Waals surface area contributed by atoms with Crippen LogP contribution in [0.3, 0.4) is 0 Å². The first-order valence-corrected chi connectivity index (χ1v) is 11.4. The summed E-state index contributed by atoms with van der Waals surface area (Å²) in [5.41, 5.74) is 1.73. The number of sulfonamides is 1. The quantitative estimate of drug-likeness (QED) is 0.666. The molecule has 28 heavy (non-hydrogen) atoms. The summed E-state index contributed by atoms with van der Waals surface area (Å²) in [5, 5.41) is 7.81. The van der Waals surface area contributed by atoms with Crippen molar-refractivity contribution >= 4 is 44.1 Å². The van der Waals surface area contributed by atoms with Crippen LogP contribution in [0.25, 0.3) is 10.9 Å². The standard InChI is InChI=1S/C19H25ClN4O3S/c1-2-28(26,27)24-11-3-4-14(13-24)19(25)23-10-9-22-17-7-8-21-18-12-15(20)5-6-16(17)18/h5-8,12,14H,2-4,9-11,13H2,1H3,(H,21,22)(H,23,25)/t14-/m1/s1. The van der Waals surface area contributed by atoms with Crippen molar-refractivity contribution < 1.29 is 13.2 Å². The predicted molar refractivity (Wildman–Crippen MR) is 112 cm³/mol. The molecule has 0 unspecified atom stereocenters. The van der Waals surface area contributed by atoms with Crippen LogP contribution in [0.1, 0.15) is 19.8 Å². The molecule has 1 atom stereocenters. The van der Waals surface area contributed by atoms with Gasteiger partial charge in [-0.3, -0.25) is 9.78 Å². The van der Waals surface area contributed by atoms with Gasteiger partial charge in [0, 0.05) is 48.5 Å². The maximum Gasteiger partial charge on any atom is 0.224 e. The maximum absolute atomic E-state index is 12.4. The molecule has 152 valence electrons.